The standard InChI is InChI=1S/C39H39Cl2FN6O4/c1-3-52-32-17-31(34(41)35(42)28(32)19-45-39(12-13-39)38(50)51)46-29-8-4-6-26(22(29)2)27-7-5-9-30(33(27)40)47-37-36-24(10-14-43-37)16-23(18-44-36)20-48-15-11-25(49)21-48/h4-10,14,16-18,25,45-46,49H,3,11-13,15,19-21H2,1-2H3,(H,43,47)(H,50,51). The monoisotopic (exact) mass is 744 g/mol. The molecule has 1 aliphatic heterocycles. The first-order valence-corrected chi connectivity index (χ1v) is 18.0. The highest BCUT2D eigenvalue weighted by atomic mass is 35.5. The molecule has 52 heavy (non-hydrogen) atoms. The predicted octanol–water partition coefficient (Wildman–Crippen LogP) is 8.21. The molecular weight excluding hydrogens is 706 g/mol. The molecule has 3 aromatic carbocycles. The highest BCUT2D eigenvalue weighted by Gasteiger charge is 2.50. The zero-order chi connectivity index (χ0) is 36.6. The number of benzene rings is 3. The van der Waals surface area contributed by atoms with Gasteiger partial charge in [0.1, 0.15) is 21.8 Å². The van der Waals surface area contributed by atoms with Crippen LogP contribution in [0, 0.1) is 12.7 Å². The average molecular weight is 746 g/mol. The van der Waals surface area contributed by atoms with Crippen molar-refractivity contribution in [2.45, 2.75) is 57.8 Å². The van der Waals surface area contributed by atoms with Gasteiger partial charge in [-0.1, -0.05) is 47.5 Å². The van der Waals surface area contributed by atoms with E-state index in [4.69, 9.17) is 32.9 Å². The van der Waals surface area contributed by atoms with E-state index in [1.807, 2.05) is 55.6 Å². The molecule has 0 bridgehead atoms. The molecule has 1 aliphatic carbocycles. The van der Waals surface area contributed by atoms with E-state index in [0.29, 0.717) is 52.8 Å². The predicted molar refractivity (Wildman–Crippen MR) is 203 cm³/mol. The van der Waals surface area contributed by atoms with Crippen LogP contribution in [0.15, 0.2) is 67.0 Å². The summed E-state index contributed by atoms with van der Waals surface area (Å²) in [5.74, 6) is -0.795. The Morgan fingerprint density at radius 2 is 1.81 bits per heavy atom. The molecule has 0 spiro atoms. The van der Waals surface area contributed by atoms with Crippen LogP contribution in [0.2, 0.25) is 10.0 Å². The quantitative estimate of drug-likeness (QED) is 0.0804. The molecule has 270 valence electrons. The molecule has 2 aromatic heterocycles. The third kappa shape index (κ3) is 7.24. The lowest BCUT2D eigenvalue weighted by molar-refractivity contribution is -0.140. The summed E-state index contributed by atoms with van der Waals surface area (Å²) in [6, 6.07) is 17.1. The number of carboxylic acids is 1. The first-order chi connectivity index (χ1) is 25.1. The van der Waals surface area contributed by atoms with E-state index in [9.17, 15) is 15.0 Å². The number of β-amino-alcohol motifs (C(OH)–C–C–N with tert-alkyl or cyclic N) is 1. The van der Waals surface area contributed by atoms with Gasteiger partial charge in [-0.05, 0) is 74.1 Å². The van der Waals surface area contributed by atoms with Crippen LogP contribution in [0.3, 0.4) is 0 Å². The Balaban J connectivity index is 1.14. The van der Waals surface area contributed by atoms with Crippen molar-refractivity contribution in [3.8, 4) is 16.9 Å². The number of likely N-dealkylation sites (tertiary alicyclic amines) is 1. The van der Waals surface area contributed by atoms with Gasteiger partial charge in [0.15, 0.2) is 11.6 Å². The number of aliphatic hydroxyl groups excluding tert-OH is 1. The Hall–Kier alpha value is -4.52. The molecule has 10 nitrogen and oxygen atoms in total. The van der Waals surface area contributed by atoms with Gasteiger partial charge in [0.25, 0.3) is 0 Å². The molecule has 2 fully saturated rings. The number of hydrogen-bond donors (Lipinski definition) is 5. The molecule has 3 heterocycles. The van der Waals surface area contributed by atoms with Crippen LogP contribution < -0.4 is 20.7 Å². The van der Waals surface area contributed by atoms with Gasteiger partial charge in [-0.3, -0.25) is 20.0 Å². The fourth-order valence-corrected chi connectivity index (χ4v) is 7.19. The number of rotatable bonds is 13. The lowest BCUT2D eigenvalue weighted by Crippen LogP contribution is -2.38. The summed E-state index contributed by atoms with van der Waals surface area (Å²) in [7, 11) is 0. The van der Waals surface area contributed by atoms with Crippen LogP contribution in [0.1, 0.15) is 42.9 Å². The van der Waals surface area contributed by atoms with Gasteiger partial charge < -0.3 is 25.6 Å². The molecule has 13 heteroatoms. The number of carboxylic acid groups (broad SMARTS) is 1. The van der Waals surface area contributed by atoms with Gasteiger partial charge in [-0.15, -0.1) is 0 Å². The van der Waals surface area contributed by atoms with Crippen LogP contribution in [0.5, 0.6) is 5.75 Å². The van der Waals surface area contributed by atoms with Crippen LogP contribution in [0.25, 0.3) is 22.0 Å². The molecule has 1 saturated heterocycles. The van der Waals surface area contributed by atoms with Crippen LogP contribution in [-0.2, 0) is 17.9 Å². The fourth-order valence-electron chi connectivity index (χ4n) is 6.70. The highest BCUT2D eigenvalue weighted by molar-refractivity contribution is 6.36. The van der Waals surface area contributed by atoms with E-state index in [0.717, 1.165) is 47.2 Å². The molecule has 1 atom stereocenters. The van der Waals surface area contributed by atoms with Crippen molar-refractivity contribution < 1.29 is 24.1 Å². The summed E-state index contributed by atoms with van der Waals surface area (Å²) in [5, 5.41) is 30.4. The Morgan fingerprint density at radius 3 is 2.52 bits per heavy atom. The number of aromatic nitrogens is 2. The van der Waals surface area contributed by atoms with Gasteiger partial charge in [0, 0.05) is 66.8 Å². The second kappa shape index (κ2) is 14.8. The smallest absolute Gasteiger partial charge is 0.323 e. The maximum absolute atomic E-state index is 15.8. The fraction of sp³-hybridized carbons (Fsp3) is 0.308. The molecular formula is C39H39Cl2FN6O4. The number of nitrogens with one attached hydrogen (secondary N) is 3. The van der Waals surface area contributed by atoms with Crippen molar-refractivity contribution in [1.82, 2.24) is 20.2 Å². The molecule has 7 rings (SSSR count). The van der Waals surface area contributed by atoms with Gasteiger partial charge >= 0.3 is 5.97 Å². The van der Waals surface area contributed by atoms with E-state index in [-0.39, 0.29) is 35.6 Å². The normalized spacial score (nSPS) is 16.6. The Morgan fingerprint density at radius 1 is 1.04 bits per heavy atom. The third-order valence-electron chi connectivity index (χ3n) is 9.78. The van der Waals surface area contributed by atoms with E-state index in [2.05, 4.69) is 31.9 Å². The maximum atomic E-state index is 15.8. The lowest BCUT2D eigenvalue weighted by Gasteiger charge is -2.20. The van der Waals surface area contributed by atoms with Crippen molar-refractivity contribution in [3.05, 3.63) is 99.5 Å². The van der Waals surface area contributed by atoms with Crippen LogP contribution >= 0.6 is 23.2 Å². The summed E-state index contributed by atoms with van der Waals surface area (Å²) in [6.45, 7) is 6.23. The van der Waals surface area contributed by atoms with Crippen molar-refractivity contribution >= 4 is 63.0 Å². The summed E-state index contributed by atoms with van der Waals surface area (Å²) < 4.78 is 21.6. The molecule has 0 radical (unpaired) electrons. The zero-order valence-corrected chi connectivity index (χ0v) is 30.3. The number of aliphatic carboxylic acids is 1. The van der Waals surface area contributed by atoms with E-state index < -0.39 is 17.3 Å². The topological polar surface area (TPSA) is 132 Å². The molecule has 0 amide bonds. The molecule has 1 unspecified atom stereocenters. The number of pyridine rings is 2. The summed E-state index contributed by atoms with van der Waals surface area (Å²) in [5.41, 5.74) is 5.03. The summed E-state index contributed by atoms with van der Waals surface area (Å²) in [4.78, 5) is 23.2. The SMILES string of the molecule is CCOc1cc(Nc2cccc(-c3cccc(Nc4nccc5cc(CN6CCC(O)C6)cnc45)c3Cl)c2C)c(Cl)c(F)c1CNC1(C(=O)O)CC1. The minimum atomic E-state index is -1.04. The van der Waals surface area contributed by atoms with Gasteiger partial charge in [0.2, 0.25) is 0 Å². The highest BCUT2D eigenvalue weighted by Crippen LogP contribution is 2.42. The lowest BCUT2D eigenvalue weighted by atomic mass is 9.98. The second-order valence-corrected chi connectivity index (χ2v) is 14.1. The Bertz CT molecular complexity index is 2160. The second-order valence-electron chi connectivity index (χ2n) is 13.4. The minimum Gasteiger partial charge on any atom is -0.493 e. The molecule has 1 saturated carbocycles. The number of fused-ring (bicyclic) bond motifs is 1. The van der Waals surface area contributed by atoms with Gasteiger partial charge in [-0.2, -0.15) is 0 Å². The first-order valence-electron chi connectivity index (χ1n) is 17.3. The molecule has 5 N–H and O–H groups in total. The third-order valence-corrected chi connectivity index (χ3v) is 10.6. The van der Waals surface area contributed by atoms with E-state index >= 15 is 4.39 Å². The van der Waals surface area contributed by atoms with Gasteiger partial charge in [0.05, 0.1) is 29.1 Å². The molecule has 5 aromatic rings. The summed E-state index contributed by atoms with van der Waals surface area (Å²) in [6.07, 6.45) is 5.05. The van der Waals surface area contributed by atoms with Gasteiger partial charge in [-0.25, -0.2) is 9.37 Å². The van der Waals surface area contributed by atoms with E-state index in [1.54, 1.807) is 19.2 Å². The maximum Gasteiger partial charge on any atom is 0.323 e. The number of carbonyl (C=O) groups is 1. The zero-order valence-electron chi connectivity index (χ0n) is 28.8. The number of aliphatic hydroxyl groups is 1. The Labute approximate surface area is 311 Å². The van der Waals surface area contributed by atoms with Crippen LogP contribution in [0.4, 0.5) is 27.3 Å². The molecule has 2 aliphatic rings. The first kappa shape index (κ1) is 35.9. The number of hydrogen-bond acceptors (Lipinski definition) is 9. The van der Waals surface area contributed by atoms with Crippen LogP contribution in [-0.4, -0.2) is 62.4 Å². The number of anilines is 4. The average Bonchev–Trinajstić information content (AvgIpc) is 3.82. The number of ether oxygens (including phenoxy) is 1. The summed E-state index contributed by atoms with van der Waals surface area (Å²) >= 11 is 13.7. The minimum absolute atomic E-state index is 0.0409. The number of halogens is 3. The Kier molecular flexibility index (Phi) is 10.2. The van der Waals surface area contributed by atoms with Crippen molar-refractivity contribution in [2.75, 3.05) is 30.3 Å². The largest absolute Gasteiger partial charge is 0.493 e. The number of nitrogens with zero attached hydrogens (tertiary/aromatic N) is 3. The van der Waals surface area contributed by atoms with Crippen molar-refractivity contribution in [3.63, 3.8) is 0 Å². The van der Waals surface area contributed by atoms with Crippen molar-refractivity contribution in [2.24, 2.45) is 0 Å². The van der Waals surface area contributed by atoms with E-state index in [1.165, 1.54) is 0 Å². The van der Waals surface area contributed by atoms with Crippen molar-refractivity contribution in [1.29, 1.82) is 0 Å².